The van der Waals surface area contributed by atoms with E-state index in [2.05, 4.69) is 70.3 Å². The Balaban J connectivity index is 1.49. The Morgan fingerprint density at radius 3 is 2.56 bits per heavy atom. The molecular formula is C25H29N5OS. The molecule has 0 aliphatic rings. The van der Waals surface area contributed by atoms with Gasteiger partial charge in [-0.3, -0.25) is 4.79 Å². The molecule has 0 radical (unpaired) electrons. The zero-order valence-corrected chi connectivity index (χ0v) is 19.6. The van der Waals surface area contributed by atoms with Gasteiger partial charge in [0.1, 0.15) is 5.52 Å². The average Bonchev–Trinajstić information content (AvgIpc) is 3.10. The molecular weight excluding hydrogens is 418 g/mol. The van der Waals surface area contributed by atoms with E-state index < -0.39 is 0 Å². The van der Waals surface area contributed by atoms with Crippen molar-refractivity contribution in [1.29, 1.82) is 0 Å². The minimum Gasteiger partial charge on any atom is -0.353 e. The van der Waals surface area contributed by atoms with Gasteiger partial charge < -0.3 is 9.88 Å². The number of fused-ring (bicyclic) bond motifs is 3. The Bertz CT molecular complexity index is 1210. The van der Waals surface area contributed by atoms with E-state index >= 15 is 0 Å². The van der Waals surface area contributed by atoms with Gasteiger partial charge >= 0.3 is 0 Å². The standard InChI is InChI=1S/C25H29N5OS/c1-17(2)18(3)26-22(31)14-9-15-32-25-27-24-23(28-29-25)20-12-7-8-13-21(20)30(24)16-19-10-5-4-6-11-19/h4-8,10-13,17-18H,9,14-16H2,1-3H3,(H,26,31). The number of nitrogens with zero attached hydrogens (tertiary/aromatic N) is 4. The molecule has 1 amide bonds. The van der Waals surface area contributed by atoms with Crippen LogP contribution in [-0.4, -0.2) is 37.5 Å². The molecule has 2 aromatic carbocycles. The fourth-order valence-electron chi connectivity index (χ4n) is 3.57. The van der Waals surface area contributed by atoms with E-state index in [1.165, 1.54) is 5.56 Å². The van der Waals surface area contributed by atoms with E-state index in [1.54, 1.807) is 11.8 Å². The fraction of sp³-hybridized carbons (Fsp3) is 0.360. The predicted molar refractivity (Wildman–Crippen MR) is 131 cm³/mol. The number of amides is 1. The summed E-state index contributed by atoms with van der Waals surface area (Å²) in [6.45, 7) is 6.99. The van der Waals surface area contributed by atoms with Crippen molar-refractivity contribution in [1.82, 2.24) is 25.1 Å². The Kier molecular flexibility index (Phi) is 7.05. The number of para-hydroxylation sites is 1. The van der Waals surface area contributed by atoms with Crippen molar-refractivity contribution in [2.45, 2.75) is 51.4 Å². The molecule has 0 aliphatic carbocycles. The molecule has 1 unspecified atom stereocenters. The number of carbonyl (C=O) groups is 1. The Hall–Kier alpha value is -2.93. The minimum atomic E-state index is 0.101. The number of benzene rings is 2. The number of rotatable bonds is 9. The normalized spacial score (nSPS) is 12.5. The Morgan fingerprint density at radius 2 is 1.78 bits per heavy atom. The van der Waals surface area contributed by atoms with E-state index in [1.807, 2.05) is 25.1 Å². The molecule has 2 aromatic heterocycles. The summed E-state index contributed by atoms with van der Waals surface area (Å²) in [6.07, 6.45) is 1.28. The lowest BCUT2D eigenvalue weighted by molar-refractivity contribution is -0.121. The third-order valence-electron chi connectivity index (χ3n) is 5.71. The number of hydrogen-bond acceptors (Lipinski definition) is 5. The van der Waals surface area contributed by atoms with Crippen LogP contribution in [-0.2, 0) is 11.3 Å². The molecule has 0 bridgehead atoms. The predicted octanol–water partition coefficient (Wildman–Crippen LogP) is 5.06. The van der Waals surface area contributed by atoms with Gasteiger partial charge in [-0.1, -0.05) is 74.1 Å². The second kappa shape index (κ2) is 10.1. The van der Waals surface area contributed by atoms with E-state index in [9.17, 15) is 4.79 Å². The van der Waals surface area contributed by atoms with Crippen LogP contribution in [0, 0.1) is 5.92 Å². The van der Waals surface area contributed by atoms with Crippen molar-refractivity contribution in [3.8, 4) is 0 Å². The molecule has 0 aliphatic heterocycles. The molecule has 0 saturated heterocycles. The topological polar surface area (TPSA) is 72.7 Å². The molecule has 4 aromatic rings. The highest BCUT2D eigenvalue weighted by atomic mass is 32.2. The second-order valence-corrected chi connectivity index (χ2v) is 9.47. The van der Waals surface area contributed by atoms with Crippen LogP contribution in [0.4, 0.5) is 0 Å². The third kappa shape index (κ3) is 5.10. The van der Waals surface area contributed by atoms with Crippen LogP contribution in [0.1, 0.15) is 39.2 Å². The Labute approximate surface area is 192 Å². The van der Waals surface area contributed by atoms with Gasteiger partial charge in [0.05, 0.1) is 5.52 Å². The van der Waals surface area contributed by atoms with Crippen molar-refractivity contribution in [2.24, 2.45) is 5.92 Å². The molecule has 7 heteroatoms. The van der Waals surface area contributed by atoms with Crippen LogP contribution in [0.5, 0.6) is 0 Å². The first-order valence-electron chi connectivity index (χ1n) is 11.1. The van der Waals surface area contributed by atoms with Gasteiger partial charge in [0, 0.05) is 30.1 Å². The van der Waals surface area contributed by atoms with Crippen LogP contribution in [0.3, 0.4) is 0 Å². The molecule has 1 N–H and O–H groups in total. The lowest BCUT2D eigenvalue weighted by atomic mass is 10.1. The fourth-order valence-corrected chi connectivity index (χ4v) is 4.29. The van der Waals surface area contributed by atoms with E-state index in [0.29, 0.717) is 17.5 Å². The van der Waals surface area contributed by atoms with Crippen molar-refractivity contribution < 1.29 is 4.79 Å². The summed E-state index contributed by atoms with van der Waals surface area (Å²) < 4.78 is 2.21. The lowest BCUT2D eigenvalue weighted by Crippen LogP contribution is -2.35. The van der Waals surface area contributed by atoms with E-state index in [0.717, 1.165) is 40.8 Å². The van der Waals surface area contributed by atoms with Crippen molar-refractivity contribution in [3.63, 3.8) is 0 Å². The first kappa shape index (κ1) is 22.3. The highest BCUT2D eigenvalue weighted by Crippen LogP contribution is 2.28. The lowest BCUT2D eigenvalue weighted by Gasteiger charge is -2.17. The summed E-state index contributed by atoms with van der Waals surface area (Å²) in [4.78, 5) is 16.9. The molecule has 6 nitrogen and oxygen atoms in total. The first-order chi connectivity index (χ1) is 15.5. The monoisotopic (exact) mass is 447 g/mol. The zero-order chi connectivity index (χ0) is 22.5. The number of hydrogen-bond donors (Lipinski definition) is 1. The summed E-state index contributed by atoms with van der Waals surface area (Å²) in [5.74, 6) is 1.31. The Morgan fingerprint density at radius 1 is 1.03 bits per heavy atom. The molecule has 0 fully saturated rings. The van der Waals surface area contributed by atoms with Crippen molar-refractivity contribution >= 4 is 39.7 Å². The number of nitrogens with one attached hydrogen (secondary N) is 1. The SMILES string of the molecule is CC(C)C(C)NC(=O)CCCSc1nnc2c3ccccc3n(Cc3ccccc3)c2n1. The van der Waals surface area contributed by atoms with Gasteiger partial charge in [0.15, 0.2) is 5.65 Å². The molecule has 0 spiro atoms. The molecule has 166 valence electrons. The summed E-state index contributed by atoms with van der Waals surface area (Å²) >= 11 is 1.55. The first-order valence-corrected chi connectivity index (χ1v) is 12.1. The average molecular weight is 448 g/mol. The molecule has 1 atom stereocenters. The van der Waals surface area contributed by atoms with Gasteiger partial charge in [-0.15, -0.1) is 10.2 Å². The quantitative estimate of drug-likeness (QED) is 0.287. The largest absolute Gasteiger partial charge is 0.353 e. The zero-order valence-electron chi connectivity index (χ0n) is 18.8. The number of aromatic nitrogens is 4. The van der Waals surface area contributed by atoms with Crippen LogP contribution < -0.4 is 5.32 Å². The summed E-state index contributed by atoms with van der Waals surface area (Å²) in [5, 5.41) is 13.6. The van der Waals surface area contributed by atoms with E-state index in [4.69, 9.17) is 4.98 Å². The summed E-state index contributed by atoms with van der Waals surface area (Å²) in [5.41, 5.74) is 3.98. The van der Waals surface area contributed by atoms with Gasteiger partial charge in [-0.25, -0.2) is 4.98 Å². The second-order valence-electron chi connectivity index (χ2n) is 8.41. The number of thioether (sulfide) groups is 1. The maximum atomic E-state index is 12.1. The van der Waals surface area contributed by atoms with E-state index in [-0.39, 0.29) is 11.9 Å². The minimum absolute atomic E-state index is 0.101. The highest BCUT2D eigenvalue weighted by molar-refractivity contribution is 7.99. The highest BCUT2D eigenvalue weighted by Gasteiger charge is 2.15. The smallest absolute Gasteiger partial charge is 0.220 e. The van der Waals surface area contributed by atoms with Crippen LogP contribution in [0.15, 0.2) is 59.8 Å². The van der Waals surface area contributed by atoms with Crippen molar-refractivity contribution in [2.75, 3.05) is 5.75 Å². The molecule has 0 saturated carbocycles. The maximum absolute atomic E-state index is 12.1. The molecule has 2 heterocycles. The third-order valence-corrected chi connectivity index (χ3v) is 6.63. The van der Waals surface area contributed by atoms with Gasteiger partial charge in [-0.2, -0.15) is 0 Å². The van der Waals surface area contributed by atoms with Crippen molar-refractivity contribution in [3.05, 3.63) is 60.2 Å². The van der Waals surface area contributed by atoms with Gasteiger partial charge in [0.25, 0.3) is 0 Å². The van der Waals surface area contributed by atoms with Crippen LogP contribution in [0.25, 0.3) is 22.1 Å². The molecule has 32 heavy (non-hydrogen) atoms. The van der Waals surface area contributed by atoms with Gasteiger partial charge in [0.2, 0.25) is 11.1 Å². The summed E-state index contributed by atoms with van der Waals surface area (Å²) in [7, 11) is 0. The number of carbonyl (C=O) groups excluding carboxylic acids is 1. The van der Waals surface area contributed by atoms with Crippen LogP contribution in [0.2, 0.25) is 0 Å². The van der Waals surface area contributed by atoms with Crippen LogP contribution >= 0.6 is 11.8 Å². The maximum Gasteiger partial charge on any atom is 0.220 e. The summed E-state index contributed by atoms with van der Waals surface area (Å²) in [6, 6.07) is 18.8. The molecule has 4 rings (SSSR count). The van der Waals surface area contributed by atoms with Gasteiger partial charge in [-0.05, 0) is 30.9 Å².